The van der Waals surface area contributed by atoms with Crippen LogP contribution in [0, 0.1) is 0 Å². The average Bonchev–Trinajstić information content (AvgIpc) is 2.16. The molecule has 0 radical (unpaired) electrons. The van der Waals surface area contributed by atoms with Crippen LogP contribution in [0.2, 0.25) is 5.02 Å². The summed E-state index contributed by atoms with van der Waals surface area (Å²) < 4.78 is 0. The van der Waals surface area contributed by atoms with Gasteiger partial charge in [-0.05, 0) is 17.7 Å². The maximum atomic E-state index is 11.1. The van der Waals surface area contributed by atoms with Crippen LogP contribution in [-0.4, -0.2) is 17.7 Å². The summed E-state index contributed by atoms with van der Waals surface area (Å²) in [6.07, 6.45) is 0. The van der Waals surface area contributed by atoms with E-state index in [0.29, 0.717) is 10.8 Å². The fourth-order valence-corrected chi connectivity index (χ4v) is 2.05. The zero-order valence-corrected chi connectivity index (χ0v) is 9.98. The second kappa shape index (κ2) is 6.40. The Bertz CT molecular complexity index is 398. The quantitative estimate of drug-likeness (QED) is 0.865. The van der Waals surface area contributed by atoms with Crippen LogP contribution in [-0.2, 0) is 10.5 Å². The normalized spacial score (nSPS) is 9.81. The van der Waals surface area contributed by atoms with Gasteiger partial charge >= 0.3 is 6.03 Å². The molecule has 0 aliphatic carbocycles. The van der Waals surface area contributed by atoms with Gasteiger partial charge in [0, 0.05) is 10.8 Å². The topological polar surface area (TPSA) is 72.2 Å². The molecule has 0 heterocycles. The van der Waals surface area contributed by atoms with Gasteiger partial charge in [0.2, 0.25) is 5.91 Å². The van der Waals surface area contributed by atoms with Crippen molar-refractivity contribution in [3.8, 4) is 0 Å². The number of thioether (sulfide) groups is 1. The summed E-state index contributed by atoms with van der Waals surface area (Å²) in [6, 6.07) is 6.57. The second-order valence-electron chi connectivity index (χ2n) is 3.04. The van der Waals surface area contributed by atoms with E-state index in [1.807, 2.05) is 23.5 Å². The van der Waals surface area contributed by atoms with E-state index in [4.69, 9.17) is 17.3 Å². The third-order valence-corrected chi connectivity index (χ3v) is 2.89. The highest BCUT2D eigenvalue weighted by Gasteiger charge is 2.04. The van der Waals surface area contributed by atoms with Crippen molar-refractivity contribution in [2.45, 2.75) is 5.75 Å². The van der Waals surface area contributed by atoms with Crippen LogP contribution in [0.4, 0.5) is 4.79 Å². The Morgan fingerprint density at radius 1 is 1.44 bits per heavy atom. The minimum atomic E-state index is -0.826. The highest BCUT2D eigenvalue weighted by molar-refractivity contribution is 7.99. The molecule has 1 aromatic carbocycles. The van der Waals surface area contributed by atoms with E-state index in [0.717, 1.165) is 5.56 Å². The van der Waals surface area contributed by atoms with E-state index in [-0.39, 0.29) is 11.7 Å². The molecule has 16 heavy (non-hydrogen) atoms. The summed E-state index contributed by atoms with van der Waals surface area (Å²) in [5.74, 6) is 0.460. The van der Waals surface area contributed by atoms with Gasteiger partial charge in [-0.15, -0.1) is 11.8 Å². The minimum absolute atomic E-state index is 0.190. The van der Waals surface area contributed by atoms with Gasteiger partial charge in [-0.1, -0.05) is 23.7 Å². The third kappa shape index (κ3) is 5.04. The molecule has 0 fully saturated rings. The first kappa shape index (κ1) is 12.9. The number of hydrogen-bond donors (Lipinski definition) is 2. The van der Waals surface area contributed by atoms with Crippen molar-refractivity contribution in [1.29, 1.82) is 0 Å². The molecule has 1 aromatic rings. The maximum Gasteiger partial charge on any atom is 0.318 e. The lowest BCUT2D eigenvalue weighted by Crippen LogP contribution is -2.36. The summed E-state index contributed by atoms with van der Waals surface area (Å²) in [4.78, 5) is 21.4. The average molecular weight is 259 g/mol. The van der Waals surface area contributed by atoms with Gasteiger partial charge in [0.25, 0.3) is 0 Å². The third-order valence-electron chi connectivity index (χ3n) is 1.65. The summed E-state index contributed by atoms with van der Waals surface area (Å²) in [7, 11) is 0. The van der Waals surface area contributed by atoms with Crippen molar-refractivity contribution in [2.75, 3.05) is 5.75 Å². The Kier molecular flexibility index (Phi) is 5.14. The lowest BCUT2D eigenvalue weighted by atomic mass is 10.2. The predicted molar refractivity (Wildman–Crippen MR) is 65.3 cm³/mol. The molecule has 4 nitrogen and oxygen atoms in total. The Morgan fingerprint density at radius 3 is 2.81 bits per heavy atom. The lowest BCUT2D eigenvalue weighted by molar-refractivity contribution is -0.117. The van der Waals surface area contributed by atoms with Crippen molar-refractivity contribution in [1.82, 2.24) is 5.32 Å². The number of benzene rings is 1. The van der Waals surface area contributed by atoms with Crippen molar-refractivity contribution in [2.24, 2.45) is 5.73 Å². The van der Waals surface area contributed by atoms with Gasteiger partial charge in [-0.3, -0.25) is 10.1 Å². The van der Waals surface area contributed by atoms with E-state index in [2.05, 4.69) is 0 Å². The van der Waals surface area contributed by atoms with E-state index >= 15 is 0 Å². The fraction of sp³-hybridized carbons (Fsp3) is 0.200. The first-order valence-electron chi connectivity index (χ1n) is 4.49. The van der Waals surface area contributed by atoms with E-state index in [1.54, 1.807) is 6.07 Å². The molecule has 0 spiro atoms. The summed E-state index contributed by atoms with van der Waals surface area (Å²) in [5.41, 5.74) is 5.83. The Balaban J connectivity index is 2.30. The fourth-order valence-electron chi connectivity index (χ4n) is 1.06. The maximum absolute atomic E-state index is 11.1. The number of amides is 3. The lowest BCUT2D eigenvalue weighted by Gasteiger charge is -2.02. The van der Waals surface area contributed by atoms with Gasteiger partial charge < -0.3 is 5.73 Å². The largest absolute Gasteiger partial charge is 0.351 e. The molecular formula is C10H11ClN2O2S. The molecule has 0 saturated heterocycles. The zero-order valence-electron chi connectivity index (χ0n) is 8.40. The molecule has 0 aliphatic heterocycles. The Morgan fingerprint density at radius 2 is 2.19 bits per heavy atom. The van der Waals surface area contributed by atoms with Crippen molar-refractivity contribution >= 4 is 35.3 Å². The van der Waals surface area contributed by atoms with Crippen LogP contribution in [0.1, 0.15) is 5.56 Å². The van der Waals surface area contributed by atoms with E-state index in [9.17, 15) is 9.59 Å². The number of imide groups is 1. The number of rotatable bonds is 4. The number of hydrogen-bond acceptors (Lipinski definition) is 3. The number of primary amides is 1. The van der Waals surface area contributed by atoms with Crippen molar-refractivity contribution in [3.63, 3.8) is 0 Å². The number of carbonyl (C=O) groups excluding carboxylic acids is 2. The van der Waals surface area contributed by atoms with Crippen LogP contribution in [0.5, 0.6) is 0 Å². The summed E-state index contributed by atoms with van der Waals surface area (Å²) >= 11 is 7.19. The van der Waals surface area contributed by atoms with Crippen LogP contribution in [0.25, 0.3) is 0 Å². The van der Waals surface area contributed by atoms with Gasteiger partial charge in [-0.25, -0.2) is 4.79 Å². The number of nitrogens with one attached hydrogen (secondary N) is 1. The van der Waals surface area contributed by atoms with Gasteiger partial charge in [0.1, 0.15) is 0 Å². The highest BCUT2D eigenvalue weighted by atomic mass is 35.5. The molecule has 6 heteroatoms. The molecular weight excluding hydrogens is 248 g/mol. The molecule has 0 bridgehead atoms. The number of nitrogens with two attached hydrogens (primary N) is 1. The smallest absolute Gasteiger partial charge is 0.318 e. The molecule has 1 rings (SSSR count). The minimum Gasteiger partial charge on any atom is -0.351 e. The molecule has 0 atom stereocenters. The van der Waals surface area contributed by atoms with Crippen molar-refractivity contribution in [3.05, 3.63) is 34.9 Å². The molecule has 0 unspecified atom stereocenters. The van der Waals surface area contributed by atoms with Gasteiger partial charge in [0.15, 0.2) is 0 Å². The first-order chi connectivity index (χ1) is 7.58. The van der Waals surface area contributed by atoms with Crippen molar-refractivity contribution < 1.29 is 9.59 Å². The van der Waals surface area contributed by atoms with E-state index in [1.165, 1.54) is 11.8 Å². The Hall–Kier alpha value is -1.20. The van der Waals surface area contributed by atoms with Crippen LogP contribution in [0.3, 0.4) is 0 Å². The number of halogens is 1. The SMILES string of the molecule is NC(=O)NC(=O)CSCc1cccc(Cl)c1. The predicted octanol–water partition coefficient (Wildman–Crippen LogP) is 1.77. The molecule has 3 amide bonds. The highest BCUT2D eigenvalue weighted by Crippen LogP contribution is 2.16. The van der Waals surface area contributed by atoms with E-state index < -0.39 is 6.03 Å². The molecule has 0 aromatic heterocycles. The van der Waals surface area contributed by atoms with Gasteiger partial charge in [0.05, 0.1) is 5.75 Å². The van der Waals surface area contributed by atoms with Crippen LogP contribution < -0.4 is 11.1 Å². The summed E-state index contributed by atoms with van der Waals surface area (Å²) in [6.45, 7) is 0. The standard InChI is InChI=1S/C10H11ClN2O2S/c11-8-3-1-2-7(4-8)5-16-6-9(14)13-10(12)15/h1-4H,5-6H2,(H3,12,13,14,15). The van der Waals surface area contributed by atoms with Gasteiger partial charge in [-0.2, -0.15) is 0 Å². The zero-order chi connectivity index (χ0) is 12.0. The number of urea groups is 1. The Labute approximate surface area is 103 Å². The first-order valence-corrected chi connectivity index (χ1v) is 6.02. The molecule has 3 N–H and O–H groups in total. The number of carbonyl (C=O) groups is 2. The second-order valence-corrected chi connectivity index (χ2v) is 4.46. The molecule has 86 valence electrons. The molecule has 0 saturated carbocycles. The monoisotopic (exact) mass is 258 g/mol. The summed E-state index contributed by atoms with van der Waals surface area (Å²) in [5, 5.41) is 2.66. The van der Waals surface area contributed by atoms with Crippen LogP contribution >= 0.6 is 23.4 Å². The van der Waals surface area contributed by atoms with Crippen LogP contribution in [0.15, 0.2) is 24.3 Å². The molecule has 0 aliphatic rings.